The van der Waals surface area contributed by atoms with E-state index in [0.29, 0.717) is 45.4 Å². The molecule has 2 fully saturated rings. The van der Waals surface area contributed by atoms with Crippen LogP contribution in [0.15, 0.2) is 36.0 Å². The standard InChI is InChI=1S/C38H62N2O10/c1-11-30(45-9)27(4)35-31(47-35)24-37(6,46-10)17-12-13-25(2)34-26(3)14-15-32(48-36(43)40-21-19-39-20-22-40)38(7,50-28(5)41)18-16-29(44-8)23-33(42)49-34/h12-15,17,26-27,29-32,34-35,39H,11,16,18-24H2,1-10H3/b15-14+,17-12+,25-13+/t26-,27+,29+,30-,31+,32-,34+,35+,37-,38+/m0/s1. The maximum Gasteiger partial charge on any atom is 0.410 e. The summed E-state index contributed by atoms with van der Waals surface area (Å²) in [6.07, 6.45) is 9.60. The van der Waals surface area contributed by atoms with E-state index in [1.54, 1.807) is 32.1 Å². The van der Waals surface area contributed by atoms with Crippen molar-refractivity contribution in [3.63, 3.8) is 0 Å². The van der Waals surface area contributed by atoms with E-state index in [1.807, 2.05) is 45.1 Å². The topological polar surface area (TPSA) is 134 Å². The number of hydrogen-bond donors (Lipinski definition) is 1. The predicted molar refractivity (Wildman–Crippen MR) is 190 cm³/mol. The Bertz CT molecular complexity index is 1210. The number of methoxy groups -OCH3 is 3. The molecule has 284 valence electrons. The average molecular weight is 707 g/mol. The first-order valence-electron chi connectivity index (χ1n) is 18.0. The monoisotopic (exact) mass is 706 g/mol. The summed E-state index contributed by atoms with van der Waals surface area (Å²) in [5, 5.41) is 3.23. The van der Waals surface area contributed by atoms with Crippen molar-refractivity contribution in [1.29, 1.82) is 0 Å². The number of rotatable bonds is 13. The molecule has 0 unspecified atom stereocenters. The maximum atomic E-state index is 13.3. The molecule has 50 heavy (non-hydrogen) atoms. The van der Waals surface area contributed by atoms with Gasteiger partial charge in [0.2, 0.25) is 0 Å². The van der Waals surface area contributed by atoms with Gasteiger partial charge in [-0.15, -0.1) is 0 Å². The molecule has 0 spiro atoms. The first kappa shape index (κ1) is 41.6. The van der Waals surface area contributed by atoms with Crippen LogP contribution in [0.25, 0.3) is 0 Å². The zero-order chi connectivity index (χ0) is 37.1. The molecule has 0 aromatic heterocycles. The minimum absolute atomic E-state index is 0.0125. The molecule has 1 N–H and O–H groups in total. The minimum atomic E-state index is -1.21. The summed E-state index contributed by atoms with van der Waals surface area (Å²) in [6, 6.07) is 0. The summed E-state index contributed by atoms with van der Waals surface area (Å²) in [5.74, 6) is -0.941. The zero-order valence-corrected chi connectivity index (χ0v) is 31.9. The molecule has 0 aromatic carbocycles. The van der Waals surface area contributed by atoms with Crippen LogP contribution in [0, 0.1) is 11.8 Å². The van der Waals surface area contributed by atoms with Crippen molar-refractivity contribution < 1.29 is 47.5 Å². The molecule has 10 atom stereocenters. The number of epoxide rings is 1. The Kier molecular flexibility index (Phi) is 16.0. The van der Waals surface area contributed by atoms with Crippen LogP contribution in [0.4, 0.5) is 4.79 Å². The van der Waals surface area contributed by atoms with Crippen molar-refractivity contribution in [3.05, 3.63) is 36.0 Å². The van der Waals surface area contributed by atoms with Gasteiger partial charge in [-0.2, -0.15) is 0 Å². The van der Waals surface area contributed by atoms with E-state index < -0.39 is 47.5 Å². The average Bonchev–Trinajstić information content (AvgIpc) is 3.85. The fourth-order valence-electron chi connectivity index (χ4n) is 6.96. The molecular weight excluding hydrogens is 644 g/mol. The Morgan fingerprint density at radius 3 is 2.48 bits per heavy atom. The molecule has 3 aliphatic heterocycles. The maximum absolute atomic E-state index is 13.3. The van der Waals surface area contributed by atoms with E-state index in [9.17, 15) is 14.4 Å². The lowest BCUT2D eigenvalue weighted by atomic mass is 9.88. The van der Waals surface area contributed by atoms with Crippen LogP contribution in [-0.2, 0) is 42.7 Å². The molecule has 0 aliphatic carbocycles. The number of carbonyl (C=O) groups is 3. The predicted octanol–water partition coefficient (Wildman–Crippen LogP) is 5.15. The van der Waals surface area contributed by atoms with Crippen molar-refractivity contribution in [1.82, 2.24) is 10.2 Å². The van der Waals surface area contributed by atoms with Crippen LogP contribution in [0.2, 0.25) is 0 Å². The number of nitrogens with one attached hydrogen (secondary N) is 1. The molecule has 12 nitrogen and oxygen atoms in total. The van der Waals surface area contributed by atoms with Gasteiger partial charge in [-0.05, 0) is 51.7 Å². The number of esters is 2. The molecule has 0 saturated carbocycles. The SMILES string of the molecule is CC[C@H](OC)[C@@H](C)[C@H]1O[C@@H]1C[C@](C)(/C=C/C=C(\C)[C@H]1OC(=O)C[C@H](OC)CC[C@@](C)(OC(C)=O)[C@@H](OC(=O)N2CCNCC2)/C=C/[C@@H]1C)OC. The third kappa shape index (κ3) is 11.9. The van der Waals surface area contributed by atoms with E-state index in [1.165, 1.54) is 14.0 Å². The summed E-state index contributed by atoms with van der Waals surface area (Å²) in [4.78, 5) is 40.5. The van der Waals surface area contributed by atoms with Gasteiger partial charge in [0, 0.05) is 72.7 Å². The highest BCUT2D eigenvalue weighted by Crippen LogP contribution is 2.39. The summed E-state index contributed by atoms with van der Waals surface area (Å²) in [6.45, 7) is 15.6. The smallest absolute Gasteiger partial charge is 0.410 e. The van der Waals surface area contributed by atoms with Gasteiger partial charge >= 0.3 is 18.0 Å². The number of amides is 1. The Balaban J connectivity index is 1.86. The zero-order valence-electron chi connectivity index (χ0n) is 31.9. The number of ether oxygens (including phenoxy) is 7. The van der Waals surface area contributed by atoms with Gasteiger partial charge < -0.3 is 43.4 Å². The van der Waals surface area contributed by atoms with E-state index in [0.717, 1.165) is 12.0 Å². The Morgan fingerprint density at radius 1 is 1.18 bits per heavy atom. The highest BCUT2D eigenvalue weighted by Gasteiger charge is 2.48. The Hall–Kier alpha value is -2.77. The molecule has 1 amide bonds. The summed E-state index contributed by atoms with van der Waals surface area (Å²) >= 11 is 0. The summed E-state index contributed by atoms with van der Waals surface area (Å²) in [5.41, 5.74) is -0.968. The van der Waals surface area contributed by atoms with E-state index in [2.05, 4.69) is 19.2 Å². The highest BCUT2D eigenvalue weighted by molar-refractivity contribution is 5.71. The number of nitrogens with zero attached hydrogens (tertiary/aromatic N) is 1. The van der Waals surface area contributed by atoms with Crippen LogP contribution in [0.1, 0.15) is 80.6 Å². The lowest BCUT2D eigenvalue weighted by molar-refractivity contribution is -0.168. The number of cyclic esters (lactones) is 1. The van der Waals surface area contributed by atoms with Crippen molar-refractivity contribution in [2.24, 2.45) is 11.8 Å². The first-order chi connectivity index (χ1) is 23.7. The highest BCUT2D eigenvalue weighted by atomic mass is 16.6. The molecule has 12 heteroatoms. The van der Waals surface area contributed by atoms with E-state index in [4.69, 9.17) is 33.2 Å². The number of hydrogen-bond acceptors (Lipinski definition) is 11. The van der Waals surface area contributed by atoms with Gasteiger partial charge in [-0.3, -0.25) is 9.59 Å². The normalized spacial score (nSPS) is 32.9. The van der Waals surface area contributed by atoms with E-state index >= 15 is 0 Å². The second kappa shape index (κ2) is 19.2. The number of carbonyl (C=O) groups excluding carboxylic acids is 3. The molecular formula is C38H62N2O10. The first-order valence-corrected chi connectivity index (χ1v) is 18.0. The van der Waals surface area contributed by atoms with Gasteiger partial charge in [-0.1, -0.05) is 45.1 Å². The molecule has 0 radical (unpaired) electrons. The van der Waals surface area contributed by atoms with Crippen molar-refractivity contribution in [3.8, 4) is 0 Å². The Labute approximate surface area is 299 Å². The quantitative estimate of drug-likeness (QED) is 0.0897. The summed E-state index contributed by atoms with van der Waals surface area (Å²) < 4.78 is 41.3. The van der Waals surface area contributed by atoms with E-state index in [-0.39, 0.29) is 36.6 Å². The molecule has 0 bridgehead atoms. The van der Waals surface area contributed by atoms with Crippen LogP contribution < -0.4 is 5.32 Å². The lowest BCUT2D eigenvalue weighted by Gasteiger charge is -2.38. The van der Waals surface area contributed by atoms with Crippen LogP contribution in [0.5, 0.6) is 0 Å². The second-order valence-corrected chi connectivity index (χ2v) is 14.4. The van der Waals surface area contributed by atoms with Gasteiger partial charge in [0.05, 0.1) is 36.4 Å². The van der Waals surface area contributed by atoms with Crippen molar-refractivity contribution in [2.75, 3.05) is 47.5 Å². The molecule has 3 heterocycles. The second-order valence-electron chi connectivity index (χ2n) is 14.4. The third-order valence-corrected chi connectivity index (χ3v) is 10.4. The van der Waals surface area contributed by atoms with Gasteiger partial charge in [0.15, 0.2) is 6.10 Å². The summed E-state index contributed by atoms with van der Waals surface area (Å²) in [7, 11) is 4.97. The van der Waals surface area contributed by atoms with Crippen molar-refractivity contribution in [2.45, 2.75) is 128 Å². The van der Waals surface area contributed by atoms with Crippen LogP contribution in [0.3, 0.4) is 0 Å². The minimum Gasteiger partial charge on any atom is -0.457 e. The lowest BCUT2D eigenvalue weighted by Crippen LogP contribution is -2.51. The largest absolute Gasteiger partial charge is 0.457 e. The number of allylic oxidation sites excluding steroid dienone is 2. The van der Waals surface area contributed by atoms with Gasteiger partial charge in [-0.25, -0.2) is 4.79 Å². The molecule has 0 aromatic rings. The fraction of sp³-hybridized carbons (Fsp3) is 0.763. The molecule has 2 saturated heterocycles. The number of piperazine rings is 1. The Morgan fingerprint density at radius 2 is 1.88 bits per heavy atom. The van der Waals surface area contributed by atoms with Gasteiger partial charge in [0.1, 0.15) is 11.7 Å². The van der Waals surface area contributed by atoms with Crippen LogP contribution in [-0.4, -0.2) is 118 Å². The third-order valence-electron chi connectivity index (χ3n) is 10.4. The fourth-order valence-corrected chi connectivity index (χ4v) is 6.96. The van der Waals surface area contributed by atoms with Gasteiger partial charge in [0.25, 0.3) is 0 Å². The van der Waals surface area contributed by atoms with Crippen LogP contribution >= 0.6 is 0 Å². The molecule has 3 aliphatic rings. The van der Waals surface area contributed by atoms with Crippen molar-refractivity contribution >= 4 is 18.0 Å². The molecule has 3 rings (SSSR count).